The summed E-state index contributed by atoms with van der Waals surface area (Å²) in [6.45, 7) is 0.815. The van der Waals surface area contributed by atoms with Gasteiger partial charge < -0.3 is 4.74 Å². The zero-order valence-electron chi connectivity index (χ0n) is 12.6. The molecule has 114 valence electrons. The molecule has 2 aromatic carbocycles. The van der Waals surface area contributed by atoms with E-state index in [0.29, 0.717) is 15.9 Å². The van der Waals surface area contributed by atoms with Gasteiger partial charge in [0.15, 0.2) is 0 Å². The molecular weight excluding hydrogens is 383 g/mol. The lowest BCUT2D eigenvalue weighted by molar-refractivity contribution is 0.0756. The highest BCUT2D eigenvalue weighted by atomic mass is 127. The lowest BCUT2D eigenvalue weighted by Gasteiger charge is -2.40. The largest absolute Gasteiger partial charge is 0.376 e. The SMILES string of the molecule is I[C@@H]1CCC[C@@H]2[C@H]1OCC2(c1ccccc1)c1ccccc1. The van der Waals surface area contributed by atoms with Gasteiger partial charge in [-0.2, -0.15) is 0 Å². The van der Waals surface area contributed by atoms with E-state index in [1.165, 1.54) is 30.4 Å². The van der Waals surface area contributed by atoms with Gasteiger partial charge in [0.25, 0.3) is 0 Å². The van der Waals surface area contributed by atoms with Crippen LogP contribution in [0.2, 0.25) is 0 Å². The van der Waals surface area contributed by atoms with Crippen LogP contribution in [0.4, 0.5) is 0 Å². The van der Waals surface area contributed by atoms with Gasteiger partial charge in [0.05, 0.1) is 12.7 Å². The fraction of sp³-hybridized carbons (Fsp3) is 0.400. The highest BCUT2D eigenvalue weighted by molar-refractivity contribution is 14.1. The third kappa shape index (κ3) is 2.23. The average Bonchev–Trinajstić information content (AvgIpc) is 2.98. The summed E-state index contributed by atoms with van der Waals surface area (Å²) < 4.78 is 7.03. The normalized spacial score (nSPS) is 30.0. The van der Waals surface area contributed by atoms with Crippen LogP contribution in [-0.2, 0) is 10.2 Å². The van der Waals surface area contributed by atoms with Crippen molar-refractivity contribution in [3.63, 3.8) is 0 Å². The molecule has 2 aliphatic rings. The molecule has 22 heavy (non-hydrogen) atoms. The molecule has 4 rings (SSSR count). The molecule has 1 aliphatic heterocycles. The summed E-state index contributed by atoms with van der Waals surface area (Å²) in [6, 6.07) is 22.0. The second-order valence-electron chi connectivity index (χ2n) is 6.53. The van der Waals surface area contributed by atoms with Crippen LogP contribution in [0.25, 0.3) is 0 Å². The zero-order valence-corrected chi connectivity index (χ0v) is 14.8. The molecule has 1 saturated carbocycles. The smallest absolute Gasteiger partial charge is 0.0733 e. The first kappa shape index (κ1) is 14.7. The Morgan fingerprint density at radius 1 is 0.864 bits per heavy atom. The summed E-state index contributed by atoms with van der Waals surface area (Å²) in [5.41, 5.74) is 2.86. The van der Waals surface area contributed by atoms with Gasteiger partial charge in [-0.25, -0.2) is 0 Å². The molecule has 0 unspecified atom stereocenters. The van der Waals surface area contributed by atoms with Crippen LogP contribution in [0.5, 0.6) is 0 Å². The van der Waals surface area contributed by atoms with Gasteiger partial charge >= 0.3 is 0 Å². The molecule has 2 fully saturated rings. The van der Waals surface area contributed by atoms with Crippen molar-refractivity contribution in [2.45, 2.75) is 34.7 Å². The summed E-state index contributed by atoms with van der Waals surface area (Å²) in [7, 11) is 0. The summed E-state index contributed by atoms with van der Waals surface area (Å²) in [5, 5.41) is 0. The minimum Gasteiger partial charge on any atom is -0.376 e. The van der Waals surface area contributed by atoms with Crippen LogP contribution in [0.3, 0.4) is 0 Å². The van der Waals surface area contributed by atoms with E-state index in [1.807, 2.05) is 0 Å². The van der Waals surface area contributed by atoms with Crippen molar-refractivity contribution in [1.29, 1.82) is 0 Å². The van der Waals surface area contributed by atoms with Crippen LogP contribution >= 0.6 is 22.6 Å². The predicted molar refractivity (Wildman–Crippen MR) is 98.6 cm³/mol. The highest BCUT2D eigenvalue weighted by Gasteiger charge is 2.54. The van der Waals surface area contributed by atoms with Gasteiger partial charge in [-0.05, 0) is 24.0 Å². The monoisotopic (exact) mass is 404 g/mol. The molecular formula is C20H21IO. The van der Waals surface area contributed by atoms with Crippen molar-refractivity contribution in [2.75, 3.05) is 6.61 Å². The summed E-state index contributed by atoms with van der Waals surface area (Å²) in [6.07, 6.45) is 4.28. The number of benzene rings is 2. The molecule has 3 atom stereocenters. The van der Waals surface area contributed by atoms with Crippen molar-refractivity contribution in [3.8, 4) is 0 Å². The van der Waals surface area contributed by atoms with Gasteiger partial charge in [-0.1, -0.05) is 89.7 Å². The summed E-state index contributed by atoms with van der Waals surface area (Å²) in [5.74, 6) is 0.591. The minimum atomic E-state index is 0.0248. The van der Waals surface area contributed by atoms with E-state index in [2.05, 4.69) is 83.3 Å². The van der Waals surface area contributed by atoms with E-state index in [0.717, 1.165) is 6.61 Å². The molecule has 0 amide bonds. The number of hydrogen-bond acceptors (Lipinski definition) is 1. The molecule has 0 N–H and O–H groups in total. The minimum absolute atomic E-state index is 0.0248. The van der Waals surface area contributed by atoms with Gasteiger partial charge in [0.1, 0.15) is 0 Å². The third-order valence-electron chi connectivity index (χ3n) is 5.46. The molecule has 0 bridgehead atoms. The summed E-state index contributed by atoms with van der Waals surface area (Å²) in [4.78, 5) is 0. The van der Waals surface area contributed by atoms with Crippen molar-refractivity contribution in [1.82, 2.24) is 0 Å². The Labute approximate surface area is 146 Å². The first-order valence-corrected chi connectivity index (χ1v) is 9.43. The maximum Gasteiger partial charge on any atom is 0.0733 e. The molecule has 1 aliphatic carbocycles. The van der Waals surface area contributed by atoms with Gasteiger partial charge in [-0.15, -0.1) is 0 Å². The first-order chi connectivity index (χ1) is 10.8. The van der Waals surface area contributed by atoms with E-state index < -0.39 is 0 Å². The van der Waals surface area contributed by atoms with Crippen molar-refractivity contribution < 1.29 is 4.74 Å². The van der Waals surface area contributed by atoms with Gasteiger partial charge in [0, 0.05) is 15.3 Å². The molecule has 2 aromatic rings. The lowest BCUT2D eigenvalue weighted by Crippen LogP contribution is -2.42. The maximum absolute atomic E-state index is 6.39. The van der Waals surface area contributed by atoms with Gasteiger partial charge in [0.2, 0.25) is 0 Å². The summed E-state index contributed by atoms with van der Waals surface area (Å²) >= 11 is 2.60. The number of ether oxygens (including phenoxy) is 1. The van der Waals surface area contributed by atoms with Crippen molar-refractivity contribution >= 4 is 22.6 Å². The standard InChI is InChI=1S/C20H21IO/c21-18-13-7-12-17-19(18)22-14-20(17,15-8-3-1-4-9-15)16-10-5-2-6-11-16/h1-6,8-11,17-19H,7,12-14H2/t17-,18-,19-/m1/s1. The molecule has 1 saturated heterocycles. The Kier molecular flexibility index (Phi) is 3.99. The number of fused-ring (bicyclic) bond motifs is 1. The fourth-order valence-electron chi connectivity index (χ4n) is 4.43. The Hall–Kier alpha value is -0.870. The Bertz CT molecular complexity index is 585. The molecule has 1 heterocycles. The Morgan fingerprint density at radius 2 is 1.45 bits per heavy atom. The third-order valence-corrected chi connectivity index (χ3v) is 6.79. The average molecular weight is 404 g/mol. The van der Waals surface area contributed by atoms with E-state index in [9.17, 15) is 0 Å². The Morgan fingerprint density at radius 3 is 2.05 bits per heavy atom. The number of alkyl halides is 1. The predicted octanol–water partition coefficient (Wildman–Crippen LogP) is 4.98. The fourth-order valence-corrected chi connectivity index (χ4v) is 5.58. The second kappa shape index (κ2) is 5.97. The maximum atomic E-state index is 6.39. The topological polar surface area (TPSA) is 9.23 Å². The van der Waals surface area contributed by atoms with Crippen LogP contribution < -0.4 is 0 Å². The quantitative estimate of drug-likeness (QED) is 0.507. The van der Waals surface area contributed by atoms with Crippen LogP contribution in [0, 0.1) is 5.92 Å². The van der Waals surface area contributed by atoms with Gasteiger partial charge in [-0.3, -0.25) is 0 Å². The van der Waals surface area contributed by atoms with E-state index in [4.69, 9.17) is 4.74 Å². The zero-order chi connectivity index (χ0) is 15.0. The second-order valence-corrected chi connectivity index (χ2v) is 8.13. The van der Waals surface area contributed by atoms with E-state index in [1.54, 1.807) is 0 Å². The van der Waals surface area contributed by atoms with Crippen LogP contribution in [0.15, 0.2) is 60.7 Å². The highest BCUT2D eigenvalue weighted by Crippen LogP contribution is 2.52. The lowest BCUT2D eigenvalue weighted by atomic mass is 9.63. The number of halogens is 1. The first-order valence-electron chi connectivity index (χ1n) is 8.19. The number of hydrogen-bond donors (Lipinski definition) is 0. The van der Waals surface area contributed by atoms with Crippen LogP contribution in [0.1, 0.15) is 30.4 Å². The van der Waals surface area contributed by atoms with Crippen LogP contribution in [-0.4, -0.2) is 16.6 Å². The molecule has 2 heteroatoms. The van der Waals surface area contributed by atoms with Crippen molar-refractivity contribution in [3.05, 3.63) is 71.8 Å². The molecule has 0 radical (unpaired) electrons. The van der Waals surface area contributed by atoms with E-state index in [-0.39, 0.29) is 5.41 Å². The van der Waals surface area contributed by atoms with E-state index >= 15 is 0 Å². The molecule has 1 nitrogen and oxygen atoms in total. The Balaban J connectivity index is 1.87. The van der Waals surface area contributed by atoms with Crippen molar-refractivity contribution in [2.24, 2.45) is 5.92 Å². The molecule has 0 aromatic heterocycles. The number of rotatable bonds is 2. The molecule has 0 spiro atoms.